The van der Waals surface area contributed by atoms with Gasteiger partial charge in [-0.1, -0.05) is 27.7 Å². The topological polar surface area (TPSA) is 72.2 Å². The van der Waals surface area contributed by atoms with E-state index in [9.17, 15) is 0 Å². The van der Waals surface area contributed by atoms with Crippen LogP contribution in [0, 0.1) is 10.8 Å². The first kappa shape index (κ1) is 22.8. The highest BCUT2D eigenvalue weighted by molar-refractivity contribution is 4.70. The van der Waals surface area contributed by atoms with Gasteiger partial charge in [-0.25, -0.2) is 0 Å². The van der Waals surface area contributed by atoms with Crippen LogP contribution in [0.1, 0.15) is 27.7 Å². The highest BCUT2D eigenvalue weighted by Gasteiger charge is 2.23. The van der Waals surface area contributed by atoms with Gasteiger partial charge < -0.3 is 29.4 Å². The summed E-state index contributed by atoms with van der Waals surface area (Å²) in [6.45, 7) is 14.7. The lowest BCUT2D eigenvalue weighted by molar-refractivity contribution is -0.0545. The first-order valence-electron chi connectivity index (χ1n) is 8.33. The summed E-state index contributed by atoms with van der Waals surface area (Å²) in [6.07, 6.45) is 0. The van der Waals surface area contributed by atoms with E-state index < -0.39 is 0 Å². The molecule has 0 radical (unpaired) electrons. The monoisotopic (exact) mass is 335 g/mol. The van der Waals surface area contributed by atoms with Gasteiger partial charge in [0.2, 0.25) is 0 Å². The Morgan fingerprint density at radius 1 is 0.609 bits per heavy atom. The van der Waals surface area contributed by atoms with E-state index >= 15 is 0 Å². The lowest BCUT2D eigenvalue weighted by Crippen LogP contribution is -2.31. The Labute approximate surface area is 141 Å². The third-order valence-electron chi connectivity index (χ3n) is 3.04. The summed E-state index contributed by atoms with van der Waals surface area (Å²) < 4.78 is 27.3. The summed E-state index contributed by atoms with van der Waals surface area (Å²) in [6, 6.07) is 0. The maximum atomic E-state index is 5.88. The van der Waals surface area contributed by atoms with Crippen LogP contribution in [0.25, 0.3) is 0 Å². The van der Waals surface area contributed by atoms with Crippen LogP contribution in [0.3, 0.4) is 0 Å². The first-order chi connectivity index (χ1) is 10.8. The van der Waals surface area contributed by atoms with Crippen molar-refractivity contribution in [3.8, 4) is 0 Å². The van der Waals surface area contributed by atoms with Crippen molar-refractivity contribution in [1.29, 1.82) is 0 Å². The Balaban J connectivity index is 3.73. The van der Waals surface area contributed by atoms with E-state index in [4.69, 9.17) is 29.4 Å². The molecule has 23 heavy (non-hydrogen) atoms. The van der Waals surface area contributed by atoms with Crippen LogP contribution in [0.5, 0.6) is 0 Å². The van der Waals surface area contributed by atoms with Gasteiger partial charge in [-0.05, 0) is 0 Å². The zero-order chi connectivity index (χ0) is 17.6. The smallest absolute Gasteiger partial charge is 0.0701 e. The molecule has 0 aromatic rings. The maximum absolute atomic E-state index is 5.88. The fourth-order valence-electron chi connectivity index (χ4n) is 1.83. The van der Waals surface area contributed by atoms with Crippen LogP contribution in [-0.4, -0.2) is 73.1 Å². The van der Waals surface area contributed by atoms with Crippen LogP contribution in [0.2, 0.25) is 0 Å². The summed E-state index contributed by atoms with van der Waals surface area (Å²) in [5.41, 5.74) is 5.31. The van der Waals surface area contributed by atoms with Gasteiger partial charge >= 0.3 is 0 Å². The van der Waals surface area contributed by atoms with Crippen LogP contribution in [0.4, 0.5) is 0 Å². The molecule has 0 heterocycles. The fraction of sp³-hybridized carbons (Fsp3) is 1.00. The van der Waals surface area contributed by atoms with Gasteiger partial charge in [0.15, 0.2) is 0 Å². The Bertz CT molecular complexity index is 272. The second-order valence-corrected chi connectivity index (χ2v) is 7.32. The van der Waals surface area contributed by atoms with E-state index in [0.29, 0.717) is 66.0 Å². The largest absolute Gasteiger partial charge is 0.382 e. The van der Waals surface area contributed by atoms with Crippen molar-refractivity contribution in [2.45, 2.75) is 27.7 Å². The lowest BCUT2D eigenvalue weighted by atomic mass is 9.94. The molecule has 0 aliphatic heterocycles. The molecule has 0 atom stereocenters. The van der Waals surface area contributed by atoms with E-state index in [1.807, 2.05) is 0 Å². The summed E-state index contributed by atoms with van der Waals surface area (Å²) in [5.74, 6) is 0. The fourth-order valence-corrected chi connectivity index (χ4v) is 1.83. The zero-order valence-corrected chi connectivity index (χ0v) is 15.7. The Morgan fingerprint density at radius 3 is 1.52 bits per heavy atom. The van der Waals surface area contributed by atoms with Crippen molar-refractivity contribution in [2.24, 2.45) is 16.6 Å². The van der Waals surface area contributed by atoms with E-state index in [-0.39, 0.29) is 10.8 Å². The molecule has 0 saturated heterocycles. The minimum Gasteiger partial charge on any atom is -0.382 e. The number of methoxy groups -OCH3 is 1. The summed E-state index contributed by atoms with van der Waals surface area (Å²) in [4.78, 5) is 0. The number of nitrogens with two attached hydrogens (primary N) is 1. The Kier molecular flexibility index (Phi) is 13.0. The van der Waals surface area contributed by atoms with Gasteiger partial charge in [-0.3, -0.25) is 0 Å². The summed E-state index contributed by atoms with van der Waals surface area (Å²) >= 11 is 0. The van der Waals surface area contributed by atoms with Crippen molar-refractivity contribution in [2.75, 3.05) is 73.1 Å². The second kappa shape index (κ2) is 13.1. The quantitative estimate of drug-likeness (QED) is 0.433. The SMILES string of the molecule is COCCOCC(C)(C)COCC(C)(C)COCCOCCN. The molecule has 0 rings (SSSR count). The second-order valence-electron chi connectivity index (χ2n) is 7.32. The molecular formula is C17H37NO5. The van der Waals surface area contributed by atoms with Crippen molar-refractivity contribution in [3.05, 3.63) is 0 Å². The highest BCUT2D eigenvalue weighted by Crippen LogP contribution is 2.20. The number of hydrogen-bond acceptors (Lipinski definition) is 6. The minimum absolute atomic E-state index is 0.0132. The Morgan fingerprint density at radius 2 is 1.04 bits per heavy atom. The highest BCUT2D eigenvalue weighted by atomic mass is 16.5. The Hall–Kier alpha value is -0.240. The standard InChI is InChI=1S/C17H37NO5/c1-16(2,12-21-9-8-19-5)14-23-15-17(3,4)13-22-11-10-20-7-6-18/h6-15,18H2,1-5H3. The van der Waals surface area contributed by atoms with Crippen molar-refractivity contribution < 1.29 is 23.7 Å². The predicted octanol–water partition coefficient (Wildman–Crippen LogP) is 1.71. The molecule has 0 fully saturated rings. The van der Waals surface area contributed by atoms with Gasteiger partial charge in [0.25, 0.3) is 0 Å². The van der Waals surface area contributed by atoms with Gasteiger partial charge in [-0.15, -0.1) is 0 Å². The molecule has 140 valence electrons. The molecular weight excluding hydrogens is 298 g/mol. The zero-order valence-electron chi connectivity index (χ0n) is 15.7. The number of rotatable bonds is 16. The lowest BCUT2D eigenvalue weighted by Gasteiger charge is -2.29. The van der Waals surface area contributed by atoms with Crippen molar-refractivity contribution in [1.82, 2.24) is 0 Å². The van der Waals surface area contributed by atoms with E-state index in [1.165, 1.54) is 0 Å². The summed E-state index contributed by atoms with van der Waals surface area (Å²) in [7, 11) is 1.67. The molecule has 0 saturated carbocycles. The first-order valence-corrected chi connectivity index (χ1v) is 8.33. The summed E-state index contributed by atoms with van der Waals surface area (Å²) in [5, 5.41) is 0. The average molecular weight is 335 g/mol. The molecule has 6 heteroatoms. The molecule has 2 N–H and O–H groups in total. The number of ether oxygens (including phenoxy) is 5. The molecule has 0 aromatic carbocycles. The van der Waals surface area contributed by atoms with Gasteiger partial charge in [-0.2, -0.15) is 0 Å². The molecule has 0 aliphatic carbocycles. The van der Waals surface area contributed by atoms with Gasteiger partial charge in [0.1, 0.15) is 0 Å². The van der Waals surface area contributed by atoms with Crippen molar-refractivity contribution >= 4 is 0 Å². The van der Waals surface area contributed by atoms with E-state index in [2.05, 4.69) is 27.7 Å². The van der Waals surface area contributed by atoms with Crippen molar-refractivity contribution in [3.63, 3.8) is 0 Å². The third kappa shape index (κ3) is 15.1. The van der Waals surface area contributed by atoms with E-state index in [0.717, 1.165) is 0 Å². The maximum Gasteiger partial charge on any atom is 0.0701 e. The molecule has 0 aliphatic rings. The molecule has 0 bridgehead atoms. The molecule has 0 aromatic heterocycles. The van der Waals surface area contributed by atoms with E-state index in [1.54, 1.807) is 7.11 Å². The molecule has 6 nitrogen and oxygen atoms in total. The molecule has 0 amide bonds. The number of hydrogen-bond donors (Lipinski definition) is 1. The van der Waals surface area contributed by atoms with Crippen LogP contribution in [0.15, 0.2) is 0 Å². The molecule has 0 spiro atoms. The average Bonchev–Trinajstić information content (AvgIpc) is 2.47. The predicted molar refractivity (Wildman–Crippen MR) is 91.8 cm³/mol. The van der Waals surface area contributed by atoms with Gasteiger partial charge in [0, 0.05) is 24.5 Å². The third-order valence-corrected chi connectivity index (χ3v) is 3.04. The van der Waals surface area contributed by atoms with Crippen LogP contribution < -0.4 is 5.73 Å². The minimum atomic E-state index is -0.0269. The molecule has 0 unspecified atom stereocenters. The van der Waals surface area contributed by atoms with Gasteiger partial charge in [0.05, 0.1) is 59.5 Å². The normalized spacial score (nSPS) is 12.8. The van der Waals surface area contributed by atoms with Crippen LogP contribution in [-0.2, 0) is 23.7 Å². The van der Waals surface area contributed by atoms with Crippen LogP contribution >= 0.6 is 0 Å².